The number of piperidine rings is 1. The summed E-state index contributed by atoms with van der Waals surface area (Å²) in [4.78, 5) is 20.6. The molecule has 0 bridgehead atoms. The molecular formula is C33H36Cl2F6N6O. The van der Waals surface area contributed by atoms with E-state index in [-0.39, 0.29) is 68.6 Å². The maximum absolute atomic E-state index is 13.7. The summed E-state index contributed by atoms with van der Waals surface area (Å²) >= 11 is 13.3. The van der Waals surface area contributed by atoms with E-state index in [1.165, 1.54) is 6.42 Å². The lowest BCUT2D eigenvalue weighted by atomic mass is 9.85. The van der Waals surface area contributed by atoms with Gasteiger partial charge in [-0.2, -0.15) is 26.3 Å². The number of carbonyl (C=O) groups is 1. The molecule has 3 aliphatic carbocycles. The molecule has 7 rings (SSSR count). The number of aryl methyl sites for hydroxylation is 1. The maximum atomic E-state index is 13.7. The van der Waals surface area contributed by atoms with Crippen LogP contribution in [0.1, 0.15) is 60.9 Å². The summed E-state index contributed by atoms with van der Waals surface area (Å²) in [6, 6.07) is 6.58. The van der Waals surface area contributed by atoms with Crippen molar-refractivity contribution in [3.8, 4) is 0 Å². The van der Waals surface area contributed by atoms with Crippen molar-refractivity contribution < 1.29 is 31.1 Å². The lowest BCUT2D eigenvalue weighted by Gasteiger charge is -2.31. The Balaban J connectivity index is 1.12. The van der Waals surface area contributed by atoms with Crippen LogP contribution >= 0.6 is 23.2 Å². The molecule has 260 valence electrons. The Hall–Kier alpha value is -2.90. The van der Waals surface area contributed by atoms with Crippen LogP contribution in [0.2, 0.25) is 10.0 Å². The summed E-state index contributed by atoms with van der Waals surface area (Å²) in [5.74, 6) is -0.116. The highest BCUT2D eigenvalue weighted by Crippen LogP contribution is 2.57. The van der Waals surface area contributed by atoms with Crippen LogP contribution in [0.3, 0.4) is 0 Å². The van der Waals surface area contributed by atoms with E-state index in [9.17, 15) is 31.1 Å². The number of hydrogen-bond acceptors (Lipinski definition) is 5. The molecule has 2 heterocycles. The van der Waals surface area contributed by atoms with Gasteiger partial charge < -0.3 is 25.4 Å². The number of fused-ring (bicyclic) bond motifs is 2. The number of nitrogens with zero attached hydrogens (tertiary/aromatic N) is 3. The van der Waals surface area contributed by atoms with Crippen molar-refractivity contribution in [2.45, 2.75) is 69.9 Å². The van der Waals surface area contributed by atoms with Crippen molar-refractivity contribution in [2.75, 3.05) is 29.9 Å². The fourth-order valence-corrected chi connectivity index (χ4v) is 7.84. The second-order valence-corrected chi connectivity index (χ2v) is 14.8. The number of rotatable bonds is 9. The molecule has 3 N–H and O–H groups in total. The smallest absolute Gasteiger partial charge is 0.370 e. The molecule has 1 aliphatic heterocycles. The van der Waals surface area contributed by atoms with Gasteiger partial charge in [-0.25, -0.2) is 4.98 Å². The number of imidazole rings is 1. The van der Waals surface area contributed by atoms with Gasteiger partial charge >= 0.3 is 12.4 Å². The van der Waals surface area contributed by atoms with Crippen LogP contribution < -0.4 is 20.9 Å². The molecule has 7 nitrogen and oxygen atoms in total. The number of anilines is 3. The first kappa shape index (κ1) is 33.6. The molecule has 4 fully saturated rings. The third-order valence-electron chi connectivity index (χ3n) is 10.7. The Morgan fingerprint density at radius 1 is 1.02 bits per heavy atom. The molecule has 2 atom stereocenters. The van der Waals surface area contributed by atoms with Gasteiger partial charge in [-0.15, -0.1) is 0 Å². The average Bonchev–Trinajstić information content (AvgIpc) is 3.92. The van der Waals surface area contributed by atoms with Gasteiger partial charge in [-0.05, 0) is 80.5 Å². The van der Waals surface area contributed by atoms with Crippen molar-refractivity contribution in [2.24, 2.45) is 30.2 Å². The van der Waals surface area contributed by atoms with E-state index in [2.05, 4.69) is 20.9 Å². The van der Waals surface area contributed by atoms with E-state index in [0.717, 1.165) is 24.3 Å². The highest BCUT2D eigenvalue weighted by atomic mass is 35.5. The van der Waals surface area contributed by atoms with Gasteiger partial charge in [0.1, 0.15) is 0 Å². The molecule has 0 spiro atoms. The van der Waals surface area contributed by atoms with Crippen molar-refractivity contribution in [3.05, 3.63) is 45.4 Å². The second kappa shape index (κ2) is 12.2. The summed E-state index contributed by atoms with van der Waals surface area (Å²) < 4.78 is 81.6. The van der Waals surface area contributed by atoms with Crippen molar-refractivity contribution in [1.82, 2.24) is 20.2 Å². The minimum absolute atomic E-state index is 0.0121. The maximum Gasteiger partial charge on any atom is 0.395 e. The first-order chi connectivity index (χ1) is 22.6. The largest absolute Gasteiger partial charge is 0.395 e. The van der Waals surface area contributed by atoms with Gasteiger partial charge in [0.15, 0.2) is 0 Å². The Bertz CT molecular complexity index is 1720. The van der Waals surface area contributed by atoms with E-state index in [0.29, 0.717) is 45.1 Å². The van der Waals surface area contributed by atoms with Crippen LogP contribution in [0.5, 0.6) is 0 Å². The number of amides is 1. The number of alkyl halides is 6. The van der Waals surface area contributed by atoms with E-state index in [1.54, 1.807) is 25.2 Å². The molecular weight excluding hydrogens is 681 g/mol. The molecule has 3 aromatic rings. The summed E-state index contributed by atoms with van der Waals surface area (Å²) in [5.41, 5.74) is 1.66. The van der Waals surface area contributed by atoms with Crippen LogP contribution in [0, 0.1) is 23.2 Å². The molecule has 2 aromatic carbocycles. The highest BCUT2D eigenvalue weighted by Gasteiger charge is 2.62. The van der Waals surface area contributed by atoms with Crippen LogP contribution in [-0.4, -0.2) is 53.5 Å². The fourth-order valence-electron chi connectivity index (χ4n) is 7.31. The normalized spacial score (nSPS) is 24.9. The monoisotopic (exact) mass is 716 g/mol. The minimum atomic E-state index is -4.26. The standard InChI is InChI=1S/C33H36Cl2F6N6O/c1-46-26-12-25(47-14-18-10-19(18)15-47)22(29(48)43-21-5-3-20(4-6-21)32(36,37)38)11-24(26)44-30(46)45-28-23(34)7-2-17(27(28)35)13-42-16-31(8-9-31)33(39,40)41/h2,7,11-12,18-21,42H,3-6,8-10,13-16H2,1H3,(H,43,48)(H,44,45). The molecule has 48 heavy (non-hydrogen) atoms. The number of benzene rings is 2. The Kier molecular flexibility index (Phi) is 8.51. The molecule has 15 heteroatoms. The van der Waals surface area contributed by atoms with Gasteiger partial charge in [0.2, 0.25) is 5.95 Å². The third kappa shape index (κ3) is 6.42. The number of nitrogens with one attached hydrogen (secondary N) is 3. The Labute approximate surface area is 283 Å². The third-order valence-corrected chi connectivity index (χ3v) is 11.5. The quantitative estimate of drug-likeness (QED) is 0.194. The SMILES string of the molecule is Cn1c(Nc2c(Cl)ccc(CNCC3(C(F)(F)F)CC3)c2Cl)nc2cc(C(=O)NC3CCC(C(F)(F)F)CC3)c(N3CC4CC4C3)cc21. The van der Waals surface area contributed by atoms with Crippen molar-refractivity contribution >= 4 is 57.5 Å². The zero-order valence-electron chi connectivity index (χ0n) is 26.2. The van der Waals surface area contributed by atoms with Gasteiger partial charge in [-0.1, -0.05) is 29.3 Å². The predicted molar refractivity (Wildman–Crippen MR) is 173 cm³/mol. The van der Waals surface area contributed by atoms with Crippen molar-refractivity contribution in [1.29, 1.82) is 0 Å². The molecule has 1 saturated heterocycles. The topological polar surface area (TPSA) is 74.2 Å². The lowest BCUT2D eigenvalue weighted by molar-refractivity contribution is -0.185. The summed E-state index contributed by atoms with van der Waals surface area (Å²) in [7, 11) is 1.81. The minimum Gasteiger partial charge on any atom is -0.370 e. The molecule has 1 aromatic heterocycles. The lowest BCUT2D eigenvalue weighted by Crippen LogP contribution is -2.40. The molecule has 1 amide bonds. The zero-order valence-corrected chi connectivity index (χ0v) is 27.7. The van der Waals surface area contributed by atoms with E-state index in [1.807, 2.05) is 10.6 Å². The Morgan fingerprint density at radius 3 is 2.33 bits per heavy atom. The summed E-state index contributed by atoms with van der Waals surface area (Å²) in [6.45, 7) is 1.57. The van der Waals surface area contributed by atoms with Gasteiger partial charge in [0.05, 0.1) is 49.3 Å². The number of halogens is 8. The first-order valence-corrected chi connectivity index (χ1v) is 17.0. The molecule has 2 unspecified atom stereocenters. The van der Waals surface area contributed by atoms with Crippen LogP contribution in [0.4, 0.5) is 43.7 Å². The van der Waals surface area contributed by atoms with Gasteiger partial charge in [-0.3, -0.25) is 4.79 Å². The Morgan fingerprint density at radius 2 is 1.71 bits per heavy atom. The van der Waals surface area contributed by atoms with Crippen LogP contribution in [-0.2, 0) is 13.6 Å². The van der Waals surface area contributed by atoms with E-state index in [4.69, 9.17) is 28.2 Å². The first-order valence-electron chi connectivity index (χ1n) is 16.3. The van der Waals surface area contributed by atoms with Crippen molar-refractivity contribution in [3.63, 3.8) is 0 Å². The number of hydrogen-bond donors (Lipinski definition) is 3. The predicted octanol–water partition coefficient (Wildman–Crippen LogP) is 8.36. The highest BCUT2D eigenvalue weighted by molar-refractivity contribution is 6.39. The average molecular weight is 718 g/mol. The number of carbonyl (C=O) groups excluding carboxylic acids is 1. The summed E-state index contributed by atoms with van der Waals surface area (Å²) in [5, 5.41) is 9.62. The fraction of sp³-hybridized carbons (Fsp3) is 0.576. The van der Waals surface area contributed by atoms with Crippen LogP contribution in [0.25, 0.3) is 11.0 Å². The molecule has 0 radical (unpaired) electrons. The number of aromatic nitrogens is 2. The van der Waals surface area contributed by atoms with Crippen LogP contribution in [0.15, 0.2) is 24.3 Å². The van der Waals surface area contributed by atoms with Gasteiger partial charge in [0, 0.05) is 39.3 Å². The van der Waals surface area contributed by atoms with Gasteiger partial charge in [0.25, 0.3) is 5.91 Å². The summed E-state index contributed by atoms with van der Waals surface area (Å²) in [6.07, 6.45) is -6.61. The second-order valence-electron chi connectivity index (χ2n) is 14.0. The van der Waals surface area contributed by atoms with E-state index >= 15 is 0 Å². The zero-order chi connectivity index (χ0) is 34.2. The van der Waals surface area contributed by atoms with E-state index < -0.39 is 23.7 Å². The molecule has 4 aliphatic rings. The molecule has 3 saturated carbocycles.